The average Bonchev–Trinajstić information content (AvgIpc) is 2.48. The van der Waals surface area contributed by atoms with Crippen LogP contribution in [-0.4, -0.2) is 4.98 Å². The molecule has 0 unspecified atom stereocenters. The second-order valence-corrected chi connectivity index (χ2v) is 5.54. The number of hydrogen-bond acceptors (Lipinski definition) is 2. The Hall–Kier alpha value is -2.14. The highest BCUT2D eigenvalue weighted by Crippen LogP contribution is 2.23. The van der Waals surface area contributed by atoms with Crippen molar-refractivity contribution in [2.24, 2.45) is 0 Å². The Balaban J connectivity index is 1.90. The van der Waals surface area contributed by atoms with Gasteiger partial charge in [-0.2, -0.15) is 0 Å². The summed E-state index contributed by atoms with van der Waals surface area (Å²) in [5, 5.41) is 4.03. The Morgan fingerprint density at radius 3 is 2.81 bits per heavy atom. The number of anilines is 1. The molecule has 5 heteroatoms. The summed E-state index contributed by atoms with van der Waals surface area (Å²) < 4.78 is 14.0. The van der Waals surface area contributed by atoms with Crippen molar-refractivity contribution in [2.75, 3.05) is 5.32 Å². The highest BCUT2D eigenvalue weighted by atomic mass is 79.9. The van der Waals surface area contributed by atoms with Gasteiger partial charge in [0.2, 0.25) is 0 Å². The van der Waals surface area contributed by atoms with E-state index in [0.29, 0.717) is 17.8 Å². The maximum atomic E-state index is 13.2. The van der Waals surface area contributed by atoms with Gasteiger partial charge in [-0.15, -0.1) is 0 Å². The van der Waals surface area contributed by atoms with Gasteiger partial charge in [0, 0.05) is 22.1 Å². The van der Waals surface area contributed by atoms with Gasteiger partial charge < -0.3 is 10.3 Å². The Morgan fingerprint density at radius 1 is 1.14 bits per heavy atom. The zero-order valence-electron chi connectivity index (χ0n) is 11.0. The van der Waals surface area contributed by atoms with Crippen LogP contribution in [0.5, 0.6) is 0 Å². The smallest absolute Gasteiger partial charge is 0.253 e. The summed E-state index contributed by atoms with van der Waals surface area (Å²) >= 11 is 3.35. The van der Waals surface area contributed by atoms with Gasteiger partial charge in [0.25, 0.3) is 5.56 Å². The van der Waals surface area contributed by atoms with Crippen LogP contribution in [0, 0.1) is 5.82 Å². The van der Waals surface area contributed by atoms with Crippen LogP contribution >= 0.6 is 15.9 Å². The third kappa shape index (κ3) is 2.97. The number of aromatic nitrogens is 1. The molecular formula is C16H12BrFN2O. The Morgan fingerprint density at radius 2 is 1.95 bits per heavy atom. The molecule has 106 valence electrons. The third-order valence-corrected chi connectivity index (χ3v) is 3.92. The molecule has 1 heterocycles. The number of hydrogen-bond donors (Lipinski definition) is 2. The summed E-state index contributed by atoms with van der Waals surface area (Å²) in [6.07, 6.45) is 0. The van der Waals surface area contributed by atoms with E-state index in [9.17, 15) is 9.18 Å². The van der Waals surface area contributed by atoms with Crippen molar-refractivity contribution < 1.29 is 4.39 Å². The summed E-state index contributed by atoms with van der Waals surface area (Å²) in [5.41, 5.74) is 1.87. The molecule has 0 saturated heterocycles. The van der Waals surface area contributed by atoms with Crippen LogP contribution in [0.25, 0.3) is 10.9 Å². The van der Waals surface area contributed by atoms with Crippen LogP contribution in [0.1, 0.15) is 5.56 Å². The first-order valence-corrected chi connectivity index (χ1v) is 7.22. The molecule has 0 saturated carbocycles. The molecule has 0 aliphatic heterocycles. The van der Waals surface area contributed by atoms with Gasteiger partial charge in [-0.05, 0) is 51.6 Å². The largest absolute Gasteiger partial charge is 0.380 e. The number of aromatic amines is 1. The van der Waals surface area contributed by atoms with Crippen molar-refractivity contribution in [2.45, 2.75) is 6.54 Å². The molecule has 0 spiro atoms. The van der Waals surface area contributed by atoms with Crippen molar-refractivity contribution in [3.63, 3.8) is 0 Å². The number of fused-ring (bicyclic) bond motifs is 1. The number of nitrogens with one attached hydrogen (secondary N) is 2. The first kappa shape index (κ1) is 13.8. The second kappa shape index (κ2) is 5.69. The Kier molecular flexibility index (Phi) is 3.75. The average molecular weight is 347 g/mol. The van der Waals surface area contributed by atoms with E-state index >= 15 is 0 Å². The van der Waals surface area contributed by atoms with Gasteiger partial charge >= 0.3 is 0 Å². The number of para-hydroxylation sites is 1. The minimum Gasteiger partial charge on any atom is -0.380 e. The lowest BCUT2D eigenvalue weighted by atomic mass is 10.1. The molecule has 3 nitrogen and oxygen atoms in total. The molecule has 0 fully saturated rings. The lowest BCUT2D eigenvalue weighted by Crippen LogP contribution is -2.15. The SMILES string of the molecule is O=c1[nH]c2ccccc2cc1CNc1cc(F)ccc1Br. The predicted molar refractivity (Wildman–Crippen MR) is 86.0 cm³/mol. The van der Waals surface area contributed by atoms with Crippen LogP contribution in [0.15, 0.2) is 57.8 Å². The van der Waals surface area contributed by atoms with E-state index in [-0.39, 0.29) is 11.4 Å². The van der Waals surface area contributed by atoms with E-state index in [1.165, 1.54) is 12.1 Å². The lowest BCUT2D eigenvalue weighted by Gasteiger charge is -2.09. The molecule has 0 bridgehead atoms. The zero-order valence-corrected chi connectivity index (χ0v) is 12.6. The maximum absolute atomic E-state index is 13.2. The van der Waals surface area contributed by atoms with Crippen molar-refractivity contribution >= 4 is 32.5 Å². The third-order valence-electron chi connectivity index (χ3n) is 3.23. The van der Waals surface area contributed by atoms with Gasteiger partial charge in [0.1, 0.15) is 5.82 Å². The molecule has 0 radical (unpaired) electrons. The number of rotatable bonds is 3. The van der Waals surface area contributed by atoms with Crippen LogP contribution in [-0.2, 0) is 6.54 Å². The standard InChI is InChI=1S/C16H12BrFN2O/c17-13-6-5-12(18)8-15(13)19-9-11-7-10-3-1-2-4-14(10)20-16(11)21/h1-8,19H,9H2,(H,20,21). The van der Waals surface area contributed by atoms with Crippen LogP contribution in [0.4, 0.5) is 10.1 Å². The first-order chi connectivity index (χ1) is 10.1. The Bertz CT molecular complexity index is 860. The quantitative estimate of drug-likeness (QED) is 0.751. The van der Waals surface area contributed by atoms with E-state index in [1.807, 2.05) is 30.3 Å². The monoisotopic (exact) mass is 346 g/mol. The highest BCUT2D eigenvalue weighted by molar-refractivity contribution is 9.10. The second-order valence-electron chi connectivity index (χ2n) is 4.69. The van der Waals surface area contributed by atoms with Crippen molar-refractivity contribution in [1.82, 2.24) is 4.98 Å². The number of H-pyrrole nitrogens is 1. The fourth-order valence-electron chi connectivity index (χ4n) is 2.15. The fraction of sp³-hybridized carbons (Fsp3) is 0.0625. The molecule has 0 aliphatic rings. The zero-order chi connectivity index (χ0) is 14.8. The fourth-order valence-corrected chi connectivity index (χ4v) is 2.53. The summed E-state index contributed by atoms with van der Waals surface area (Å²) in [4.78, 5) is 14.9. The summed E-state index contributed by atoms with van der Waals surface area (Å²) in [7, 11) is 0. The topological polar surface area (TPSA) is 44.9 Å². The summed E-state index contributed by atoms with van der Waals surface area (Å²) in [5.74, 6) is -0.326. The summed E-state index contributed by atoms with van der Waals surface area (Å²) in [6.45, 7) is 0.322. The molecule has 2 aromatic carbocycles. The van der Waals surface area contributed by atoms with Gasteiger partial charge in [-0.25, -0.2) is 4.39 Å². The molecule has 1 aromatic heterocycles. The van der Waals surface area contributed by atoms with E-state index in [4.69, 9.17) is 0 Å². The number of pyridine rings is 1. The minimum absolute atomic E-state index is 0.145. The number of benzene rings is 2. The van der Waals surface area contributed by atoms with Gasteiger partial charge in [-0.3, -0.25) is 4.79 Å². The van der Waals surface area contributed by atoms with Crippen molar-refractivity contribution in [3.8, 4) is 0 Å². The highest BCUT2D eigenvalue weighted by Gasteiger charge is 2.05. The van der Waals surface area contributed by atoms with Crippen LogP contribution in [0.2, 0.25) is 0 Å². The molecule has 0 aliphatic carbocycles. The lowest BCUT2D eigenvalue weighted by molar-refractivity contribution is 0.628. The van der Waals surface area contributed by atoms with Crippen molar-refractivity contribution in [3.05, 3.63) is 74.7 Å². The van der Waals surface area contributed by atoms with Crippen molar-refractivity contribution in [1.29, 1.82) is 0 Å². The predicted octanol–water partition coefficient (Wildman–Crippen LogP) is 4.04. The normalized spacial score (nSPS) is 10.8. The maximum Gasteiger partial charge on any atom is 0.253 e. The molecule has 0 amide bonds. The molecule has 0 atom stereocenters. The molecule has 2 N–H and O–H groups in total. The molecule has 3 aromatic rings. The first-order valence-electron chi connectivity index (χ1n) is 6.43. The van der Waals surface area contributed by atoms with Gasteiger partial charge in [0.05, 0.1) is 5.69 Å². The van der Waals surface area contributed by atoms with Crippen LogP contribution in [0.3, 0.4) is 0 Å². The molecule has 3 rings (SSSR count). The van der Waals surface area contributed by atoms with E-state index in [2.05, 4.69) is 26.2 Å². The van der Waals surface area contributed by atoms with Gasteiger partial charge in [0.15, 0.2) is 0 Å². The molecule has 21 heavy (non-hydrogen) atoms. The van der Waals surface area contributed by atoms with Crippen LogP contribution < -0.4 is 10.9 Å². The van der Waals surface area contributed by atoms with Gasteiger partial charge in [-0.1, -0.05) is 18.2 Å². The Labute approximate surface area is 128 Å². The minimum atomic E-state index is -0.326. The van der Waals surface area contributed by atoms with E-state index < -0.39 is 0 Å². The van der Waals surface area contributed by atoms with E-state index in [0.717, 1.165) is 15.4 Å². The molecular weight excluding hydrogens is 335 g/mol. The van der Waals surface area contributed by atoms with E-state index in [1.54, 1.807) is 6.07 Å². The number of halogens is 2. The summed E-state index contributed by atoms with van der Waals surface area (Å²) in [6, 6.07) is 13.8.